The summed E-state index contributed by atoms with van der Waals surface area (Å²) in [7, 11) is -3.68. The fourth-order valence-electron chi connectivity index (χ4n) is 1.71. The first-order chi connectivity index (χ1) is 9.08. The van der Waals surface area contributed by atoms with Crippen LogP contribution in [0.5, 0.6) is 0 Å². The molecule has 0 saturated carbocycles. The number of nitrogens with one attached hydrogen (secondary N) is 1. The van der Waals surface area contributed by atoms with Crippen molar-refractivity contribution in [1.82, 2.24) is 4.72 Å². The molecule has 0 aliphatic carbocycles. The summed E-state index contributed by atoms with van der Waals surface area (Å²) in [6.07, 6.45) is 6.74. The minimum Gasteiger partial charge on any atom is -0.207 e. The summed E-state index contributed by atoms with van der Waals surface area (Å²) < 4.78 is 35.2. The van der Waals surface area contributed by atoms with Gasteiger partial charge in [-0.1, -0.05) is 25.3 Å². The molecule has 5 nitrogen and oxygen atoms in total. The van der Waals surface area contributed by atoms with Crippen molar-refractivity contribution in [2.24, 2.45) is 8.73 Å². The minimum absolute atomic E-state index is 0.120. The second kappa shape index (κ2) is 5.65. The van der Waals surface area contributed by atoms with Gasteiger partial charge >= 0.3 is 0 Å². The monoisotopic (exact) mass is 295 g/mol. The van der Waals surface area contributed by atoms with Crippen LogP contribution < -0.4 is 4.72 Å². The Kier molecular flexibility index (Phi) is 4.14. The summed E-state index contributed by atoms with van der Waals surface area (Å²) in [5.41, 5.74) is 0.952. The summed E-state index contributed by atoms with van der Waals surface area (Å²) in [6.45, 7) is 1.95. The van der Waals surface area contributed by atoms with Gasteiger partial charge in [0, 0.05) is 0 Å². The lowest BCUT2D eigenvalue weighted by atomic mass is 10.2. The molecule has 0 spiro atoms. The molecule has 0 bridgehead atoms. The van der Waals surface area contributed by atoms with Crippen LogP contribution in [-0.2, 0) is 21.4 Å². The molecule has 2 rings (SSSR count). The van der Waals surface area contributed by atoms with Crippen LogP contribution in [0.25, 0.3) is 0 Å². The van der Waals surface area contributed by atoms with Gasteiger partial charge in [0.1, 0.15) is 16.3 Å². The molecule has 1 unspecified atom stereocenters. The number of sulfonamides is 1. The molecule has 1 aliphatic rings. The molecule has 19 heavy (non-hydrogen) atoms. The van der Waals surface area contributed by atoms with Crippen molar-refractivity contribution in [3.05, 3.63) is 18.2 Å². The highest BCUT2D eigenvalue weighted by Crippen LogP contribution is 2.37. The lowest BCUT2D eigenvalue weighted by Gasteiger charge is -2.13. The van der Waals surface area contributed by atoms with Crippen LogP contribution in [0.3, 0.4) is 0 Å². The summed E-state index contributed by atoms with van der Waals surface area (Å²) in [5, 5.41) is 0. The van der Waals surface area contributed by atoms with Gasteiger partial charge in [-0.2, -0.15) is 13.4 Å². The Balaban J connectivity index is 2.34. The Labute approximate surface area is 116 Å². The lowest BCUT2D eigenvalue weighted by Crippen LogP contribution is -2.33. The van der Waals surface area contributed by atoms with E-state index in [1.807, 2.05) is 6.92 Å². The van der Waals surface area contributed by atoms with E-state index in [0.717, 1.165) is 17.8 Å². The molecule has 0 radical (unpaired) electrons. The Bertz CT molecular complexity index is 698. The van der Waals surface area contributed by atoms with E-state index in [4.69, 9.17) is 6.42 Å². The van der Waals surface area contributed by atoms with Gasteiger partial charge in [0.25, 0.3) is 0 Å². The summed E-state index contributed by atoms with van der Waals surface area (Å²) in [4.78, 5) is 0.120. The van der Waals surface area contributed by atoms with Gasteiger partial charge in [-0.3, -0.25) is 0 Å². The van der Waals surface area contributed by atoms with Crippen molar-refractivity contribution >= 4 is 32.8 Å². The fraction of sp³-hybridized carbons (Fsp3) is 0.333. The van der Waals surface area contributed by atoms with E-state index >= 15 is 0 Å². The third-order valence-corrected chi connectivity index (χ3v) is 4.66. The van der Waals surface area contributed by atoms with Crippen LogP contribution in [0.2, 0.25) is 0 Å². The molecular weight excluding hydrogens is 282 g/mol. The van der Waals surface area contributed by atoms with E-state index in [1.165, 1.54) is 6.07 Å². The highest BCUT2D eigenvalue weighted by atomic mass is 32.2. The van der Waals surface area contributed by atoms with Gasteiger partial charge in [-0.15, -0.1) is 6.42 Å². The molecule has 100 valence electrons. The van der Waals surface area contributed by atoms with E-state index in [2.05, 4.69) is 19.4 Å². The van der Waals surface area contributed by atoms with Crippen molar-refractivity contribution in [1.29, 1.82) is 0 Å². The minimum atomic E-state index is -3.68. The van der Waals surface area contributed by atoms with Crippen LogP contribution >= 0.6 is 0 Å². The first-order valence-corrected chi connectivity index (χ1v) is 7.99. The summed E-state index contributed by atoms with van der Waals surface area (Å²) in [5.74, 6) is 2.45. The average molecular weight is 295 g/mol. The third kappa shape index (κ3) is 2.92. The summed E-state index contributed by atoms with van der Waals surface area (Å²) >= 11 is 0.986. The van der Waals surface area contributed by atoms with Gasteiger partial charge in [0.15, 0.2) is 0 Å². The largest absolute Gasteiger partial charge is 0.243 e. The van der Waals surface area contributed by atoms with E-state index in [0.29, 0.717) is 17.8 Å². The molecule has 1 aliphatic heterocycles. The highest BCUT2D eigenvalue weighted by Gasteiger charge is 2.24. The molecule has 0 amide bonds. The number of benzene rings is 1. The SMILES string of the molecule is C#CC(CCC)NS(=O)(=O)c1cccc2c1N=S=N2. The number of hydrogen-bond donors (Lipinski definition) is 1. The van der Waals surface area contributed by atoms with Crippen molar-refractivity contribution in [3.63, 3.8) is 0 Å². The third-order valence-electron chi connectivity index (χ3n) is 2.61. The van der Waals surface area contributed by atoms with Gasteiger partial charge in [-0.25, -0.2) is 8.42 Å². The molecule has 1 N–H and O–H groups in total. The number of rotatable bonds is 5. The topological polar surface area (TPSA) is 70.9 Å². The zero-order valence-corrected chi connectivity index (χ0v) is 12.0. The summed E-state index contributed by atoms with van der Waals surface area (Å²) in [6, 6.07) is 4.37. The second-order valence-electron chi connectivity index (χ2n) is 4.02. The predicted octanol–water partition coefficient (Wildman–Crippen LogP) is 2.49. The maximum Gasteiger partial charge on any atom is 0.243 e. The van der Waals surface area contributed by atoms with Gasteiger partial charge < -0.3 is 0 Å². The average Bonchev–Trinajstić information content (AvgIpc) is 2.85. The normalized spacial score (nSPS) is 14.5. The van der Waals surface area contributed by atoms with E-state index in [9.17, 15) is 8.42 Å². The molecule has 0 fully saturated rings. The lowest BCUT2D eigenvalue weighted by molar-refractivity contribution is 0.564. The zero-order chi connectivity index (χ0) is 13.9. The van der Waals surface area contributed by atoms with Crippen LogP contribution in [0.15, 0.2) is 31.8 Å². The molecule has 1 atom stereocenters. The van der Waals surface area contributed by atoms with Crippen LogP contribution in [0, 0.1) is 12.3 Å². The van der Waals surface area contributed by atoms with Gasteiger partial charge in [0.05, 0.1) is 17.4 Å². The first kappa shape index (κ1) is 13.9. The molecule has 1 aromatic carbocycles. The Morgan fingerprint density at radius 2 is 2.26 bits per heavy atom. The van der Waals surface area contributed by atoms with Gasteiger partial charge in [-0.05, 0) is 18.6 Å². The molecule has 1 heterocycles. The Hall–Kier alpha value is -1.49. The molecular formula is C12H13N3O2S2. The maximum absolute atomic E-state index is 12.3. The van der Waals surface area contributed by atoms with Crippen molar-refractivity contribution in [2.45, 2.75) is 30.7 Å². The van der Waals surface area contributed by atoms with Crippen molar-refractivity contribution in [3.8, 4) is 12.3 Å². The quantitative estimate of drug-likeness (QED) is 0.861. The van der Waals surface area contributed by atoms with Crippen molar-refractivity contribution < 1.29 is 8.42 Å². The maximum atomic E-state index is 12.3. The number of hydrogen-bond acceptors (Lipinski definition) is 4. The smallest absolute Gasteiger partial charge is 0.207 e. The van der Waals surface area contributed by atoms with Crippen LogP contribution in [-0.4, -0.2) is 14.5 Å². The Morgan fingerprint density at radius 3 is 2.95 bits per heavy atom. The number of nitrogens with zero attached hydrogens (tertiary/aromatic N) is 2. The van der Waals surface area contributed by atoms with E-state index < -0.39 is 16.1 Å². The standard InChI is InChI=1S/C12H13N3O2S2/c1-3-6-9(4-2)15-19(16,17)11-8-5-7-10-12(11)14-18-13-10/h2,5,7-9,15H,3,6H2,1H3. The second-order valence-corrected chi connectivity index (χ2v) is 6.23. The number of fused-ring (bicyclic) bond motifs is 1. The predicted molar refractivity (Wildman–Crippen MR) is 75.8 cm³/mol. The van der Waals surface area contributed by atoms with E-state index in [1.54, 1.807) is 12.1 Å². The molecule has 7 heteroatoms. The highest BCUT2D eigenvalue weighted by molar-refractivity contribution is 7.89. The molecule has 1 aromatic rings. The van der Waals surface area contributed by atoms with Gasteiger partial charge in [0.2, 0.25) is 10.0 Å². The van der Waals surface area contributed by atoms with Crippen LogP contribution in [0.4, 0.5) is 11.4 Å². The first-order valence-electron chi connectivity index (χ1n) is 5.78. The van der Waals surface area contributed by atoms with Crippen molar-refractivity contribution in [2.75, 3.05) is 0 Å². The Morgan fingerprint density at radius 1 is 1.47 bits per heavy atom. The molecule has 0 saturated heterocycles. The zero-order valence-electron chi connectivity index (χ0n) is 10.3. The fourth-order valence-corrected chi connectivity index (χ4v) is 3.67. The number of terminal acetylenes is 1. The molecule has 0 aromatic heterocycles. The van der Waals surface area contributed by atoms with Crippen LogP contribution in [0.1, 0.15) is 19.8 Å². The van der Waals surface area contributed by atoms with E-state index in [-0.39, 0.29) is 4.90 Å².